The molecule has 3 fully saturated rings. The average molecular weight is 267 g/mol. The Balaban J connectivity index is 0.000000143. The Morgan fingerprint density at radius 2 is 0.579 bits per heavy atom. The van der Waals surface area contributed by atoms with Crippen LogP contribution in [0.15, 0.2) is 0 Å². The van der Waals surface area contributed by atoms with Crippen LogP contribution >= 0.6 is 0 Å². The van der Waals surface area contributed by atoms with Gasteiger partial charge >= 0.3 is 0 Å². The Hall–Kier alpha value is 0. The predicted molar refractivity (Wildman–Crippen MR) is 87.7 cm³/mol. The fourth-order valence-electron chi connectivity index (χ4n) is 3.43. The van der Waals surface area contributed by atoms with Crippen molar-refractivity contribution in [3.8, 4) is 0 Å². The molecule has 0 amide bonds. The molecule has 0 radical (unpaired) electrons. The molecule has 19 heavy (non-hydrogen) atoms. The van der Waals surface area contributed by atoms with E-state index in [0.29, 0.717) is 0 Å². The van der Waals surface area contributed by atoms with E-state index >= 15 is 0 Å². The Morgan fingerprint density at radius 1 is 0.368 bits per heavy atom. The molecule has 0 aromatic rings. The number of hydrogen-bond donors (Lipinski definition) is 0. The summed E-state index contributed by atoms with van der Waals surface area (Å²) >= 11 is 0. The van der Waals surface area contributed by atoms with Gasteiger partial charge in [-0.05, 0) is 5.92 Å². The van der Waals surface area contributed by atoms with Crippen LogP contribution in [0.2, 0.25) is 0 Å². The van der Waals surface area contributed by atoms with E-state index in [1.807, 2.05) is 0 Å². The fraction of sp³-hybridized carbons (Fsp3) is 1.00. The summed E-state index contributed by atoms with van der Waals surface area (Å²) in [6.07, 6.45) is 25.4. The quantitative estimate of drug-likeness (QED) is 0.432. The monoisotopic (exact) mass is 266 g/mol. The standard InChI is InChI=1S/C7H14.2C6H12/c1-7-5-3-2-4-6-7;2*1-2-4-6-5-3-1/h7H,2-6H2,1H3;2*1-6H2. The molecule has 0 N–H and O–H groups in total. The van der Waals surface area contributed by atoms with Crippen molar-refractivity contribution in [1.29, 1.82) is 0 Å². The predicted octanol–water partition coefficient (Wildman–Crippen LogP) is 7.27. The van der Waals surface area contributed by atoms with Crippen molar-refractivity contribution in [3.63, 3.8) is 0 Å². The van der Waals surface area contributed by atoms with Gasteiger partial charge in [0.05, 0.1) is 0 Å². The van der Waals surface area contributed by atoms with Crippen LogP contribution < -0.4 is 0 Å². The van der Waals surface area contributed by atoms with E-state index in [4.69, 9.17) is 0 Å². The van der Waals surface area contributed by atoms with Crippen LogP contribution in [0.4, 0.5) is 0 Å². The van der Waals surface area contributed by atoms with Gasteiger partial charge in [0.15, 0.2) is 0 Å². The molecule has 0 aliphatic heterocycles. The van der Waals surface area contributed by atoms with Crippen molar-refractivity contribution in [2.24, 2.45) is 5.92 Å². The number of hydrogen-bond acceptors (Lipinski definition) is 0. The highest BCUT2D eigenvalue weighted by molar-refractivity contribution is 4.59. The van der Waals surface area contributed by atoms with Gasteiger partial charge in [-0.1, -0.05) is 116 Å². The summed E-state index contributed by atoms with van der Waals surface area (Å²) < 4.78 is 0. The summed E-state index contributed by atoms with van der Waals surface area (Å²) in [6.45, 7) is 2.36. The highest BCUT2D eigenvalue weighted by Crippen LogP contribution is 2.22. The molecular weight excluding hydrogens is 228 g/mol. The van der Waals surface area contributed by atoms with Crippen LogP contribution in [-0.2, 0) is 0 Å². The first kappa shape index (κ1) is 17.1. The van der Waals surface area contributed by atoms with Crippen molar-refractivity contribution >= 4 is 0 Å². The summed E-state index contributed by atoms with van der Waals surface area (Å²) in [5, 5.41) is 0. The topological polar surface area (TPSA) is 0 Å². The Bertz CT molecular complexity index is 124. The second-order valence-electron chi connectivity index (χ2n) is 6.99. The van der Waals surface area contributed by atoms with Crippen molar-refractivity contribution in [2.45, 2.75) is 116 Å². The van der Waals surface area contributed by atoms with E-state index in [-0.39, 0.29) is 0 Å². The Labute approximate surface area is 122 Å². The molecule has 114 valence electrons. The lowest BCUT2D eigenvalue weighted by Crippen LogP contribution is -1.99. The minimum atomic E-state index is 1.04. The molecule has 0 nitrogen and oxygen atoms in total. The van der Waals surface area contributed by atoms with Gasteiger partial charge in [0, 0.05) is 0 Å². The highest BCUT2D eigenvalue weighted by atomic mass is 14.1. The minimum Gasteiger partial charge on any atom is -0.0625 e. The molecule has 3 saturated carbocycles. The maximum Gasteiger partial charge on any atom is -0.0443 e. The van der Waals surface area contributed by atoms with Crippen molar-refractivity contribution in [3.05, 3.63) is 0 Å². The van der Waals surface area contributed by atoms with E-state index < -0.39 is 0 Å². The maximum absolute atomic E-state index is 2.36. The molecule has 0 atom stereocenters. The van der Waals surface area contributed by atoms with E-state index in [2.05, 4.69) is 6.92 Å². The fourth-order valence-corrected chi connectivity index (χ4v) is 3.43. The Morgan fingerprint density at radius 3 is 0.737 bits per heavy atom. The largest absolute Gasteiger partial charge is 0.0625 e. The van der Waals surface area contributed by atoms with Gasteiger partial charge < -0.3 is 0 Å². The van der Waals surface area contributed by atoms with Crippen LogP contribution in [-0.4, -0.2) is 0 Å². The zero-order valence-electron chi connectivity index (χ0n) is 13.6. The molecule has 0 spiro atoms. The van der Waals surface area contributed by atoms with Crippen LogP contribution in [0.1, 0.15) is 116 Å². The van der Waals surface area contributed by atoms with Gasteiger partial charge in [-0.15, -0.1) is 0 Å². The average Bonchev–Trinajstić information content (AvgIpc) is 2.53. The molecule has 0 saturated heterocycles. The Kier molecular flexibility index (Phi) is 11.7. The molecular formula is C19H38. The summed E-state index contributed by atoms with van der Waals surface area (Å²) in [5.41, 5.74) is 0. The van der Waals surface area contributed by atoms with Gasteiger partial charge in [-0.3, -0.25) is 0 Å². The van der Waals surface area contributed by atoms with E-state index in [0.717, 1.165) is 5.92 Å². The van der Waals surface area contributed by atoms with Crippen LogP contribution in [0.25, 0.3) is 0 Å². The molecule has 0 heterocycles. The third-order valence-electron chi connectivity index (χ3n) is 4.89. The van der Waals surface area contributed by atoms with Crippen molar-refractivity contribution in [1.82, 2.24) is 0 Å². The lowest BCUT2D eigenvalue weighted by atomic mass is 9.91. The van der Waals surface area contributed by atoms with Crippen molar-refractivity contribution < 1.29 is 0 Å². The molecule has 3 aliphatic carbocycles. The molecule has 3 aliphatic rings. The smallest absolute Gasteiger partial charge is 0.0443 e. The van der Waals surface area contributed by atoms with Crippen LogP contribution in [0.3, 0.4) is 0 Å². The lowest BCUT2D eigenvalue weighted by Gasteiger charge is -2.15. The van der Waals surface area contributed by atoms with Gasteiger partial charge in [0.25, 0.3) is 0 Å². The minimum absolute atomic E-state index is 1.04. The molecule has 0 aromatic heterocycles. The number of rotatable bonds is 0. The normalized spacial score (nSPS) is 24.5. The second-order valence-corrected chi connectivity index (χ2v) is 6.99. The van der Waals surface area contributed by atoms with E-state index in [1.54, 1.807) is 0 Å². The molecule has 0 bridgehead atoms. The maximum atomic E-state index is 2.36. The SMILES string of the molecule is C1CCCCC1.C1CCCCC1.CC1CCCCC1. The van der Waals surface area contributed by atoms with Gasteiger partial charge in [0.2, 0.25) is 0 Å². The van der Waals surface area contributed by atoms with Gasteiger partial charge in [-0.2, -0.15) is 0 Å². The van der Waals surface area contributed by atoms with Gasteiger partial charge in [-0.25, -0.2) is 0 Å². The first-order valence-corrected chi connectivity index (χ1v) is 9.39. The third kappa shape index (κ3) is 11.5. The molecule has 0 aromatic carbocycles. The highest BCUT2D eigenvalue weighted by Gasteiger charge is 2.05. The van der Waals surface area contributed by atoms with Crippen LogP contribution in [0.5, 0.6) is 0 Å². The summed E-state index contributed by atoms with van der Waals surface area (Å²) in [5.74, 6) is 1.04. The molecule has 0 heteroatoms. The first-order valence-electron chi connectivity index (χ1n) is 9.39. The summed E-state index contributed by atoms with van der Waals surface area (Å²) in [4.78, 5) is 0. The van der Waals surface area contributed by atoms with Crippen LogP contribution in [0, 0.1) is 5.92 Å². The summed E-state index contributed by atoms with van der Waals surface area (Å²) in [6, 6.07) is 0. The van der Waals surface area contributed by atoms with E-state index in [1.165, 1.54) is 109 Å². The molecule has 3 rings (SSSR count). The van der Waals surface area contributed by atoms with Crippen molar-refractivity contribution in [2.75, 3.05) is 0 Å². The second kappa shape index (κ2) is 13.0. The summed E-state index contributed by atoms with van der Waals surface area (Å²) in [7, 11) is 0. The molecule has 0 unspecified atom stereocenters. The lowest BCUT2D eigenvalue weighted by molar-refractivity contribution is 0.385. The third-order valence-corrected chi connectivity index (χ3v) is 4.89. The van der Waals surface area contributed by atoms with E-state index in [9.17, 15) is 0 Å². The zero-order valence-corrected chi connectivity index (χ0v) is 13.6. The zero-order chi connectivity index (χ0) is 13.6. The first-order chi connectivity index (χ1) is 9.39. The van der Waals surface area contributed by atoms with Gasteiger partial charge in [0.1, 0.15) is 0 Å².